The van der Waals surface area contributed by atoms with Crippen LogP contribution in [0.15, 0.2) is 9.81 Å². The van der Waals surface area contributed by atoms with Crippen LogP contribution in [0.5, 0.6) is 0 Å². The van der Waals surface area contributed by atoms with E-state index in [2.05, 4.69) is 13.8 Å². The van der Waals surface area contributed by atoms with Crippen molar-refractivity contribution in [1.82, 2.24) is 0 Å². The predicted octanol–water partition coefficient (Wildman–Crippen LogP) is 3.93. The molecule has 4 heteroatoms. The molecule has 1 aliphatic heterocycles. The van der Waals surface area contributed by atoms with Gasteiger partial charge in [0, 0.05) is 0 Å². The molecule has 0 spiro atoms. The summed E-state index contributed by atoms with van der Waals surface area (Å²) in [5.41, 5.74) is 1.44. The molecule has 46 valence electrons. The summed E-state index contributed by atoms with van der Waals surface area (Å²) in [6, 6.07) is 0. The van der Waals surface area contributed by atoms with E-state index >= 15 is 0 Å². The summed E-state index contributed by atoms with van der Waals surface area (Å²) in [4.78, 5) is 0. The summed E-state index contributed by atoms with van der Waals surface area (Å²) in [7, 11) is 7.44. The van der Waals surface area contributed by atoms with Crippen molar-refractivity contribution >= 4 is 41.2 Å². The highest BCUT2D eigenvalue weighted by atomic mass is 33.7. The molecule has 0 saturated carbocycles. The van der Waals surface area contributed by atoms with Crippen molar-refractivity contribution < 1.29 is 0 Å². The van der Waals surface area contributed by atoms with Gasteiger partial charge in [-0.2, -0.15) is 0 Å². The van der Waals surface area contributed by atoms with Crippen molar-refractivity contribution in [2.45, 2.75) is 13.8 Å². The number of hydrogen-bond acceptors (Lipinski definition) is 4. The quantitative estimate of drug-likeness (QED) is 0.520. The molecule has 0 atom stereocenters. The van der Waals surface area contributed by atoms with Crippen LogP contribution in [0.2, 0.25) is 0 Å². The summed E-state index contributed by atoms with van der Waals surface area (Å²) < 4.78 is 1.47. The fourth-order valence-corrected chi connectivity index (χ4v) is 8.04. The molecule has 1 heterocycles. The molecule has 0 N–H and O–H groups in total. The molecule has 1 saturated heterocycles. The lowest BCUT2D eigenvalue weighted by Gasteiger charge is -1.90. The molecule has 0 bridgehead atoms. The summed E-state index contributed by atoms with van der Waals surface area (Å²) in [6.07, 6.45) is 0. The molecule has 1 rings (SSSR count). The van der Waals surface area contributed by atoms with Crippen molar-refractivity contribution in [3.8, 4) is 0 Å². The first-order valence-electron chi connectivity index (χ1n) is 2.16. The topological polar surface area (TPSA) is 0 Å². The Bertz CT molecular complexity index is 105. The highest BCUT2D eigenvalue weighted by molar-refractivity contribution is 9.32. The predicted molar refractivity (Wildman–Crippen MR) is 48.7 cm³/mol. The van der Waals surface area contributed by atoms with Crippen LogP contribution in [-0.4, -0.2) is 0 Å². The first-order valence-corrected chi connectivity index (χ1v) is 6.97. The van der Waals surface area contributed by atoms with Gasteiger partial charge in [0.05, 0.1) is 4.24 Å². The molecule has 0 amide bonds. The highest BCUT2D eigenvalue weighted by Crippen LogP contribution is 2.62. The minimum atomic E-state index is 1.44. The van der Waals surface area contributed by atoms with E-state index in [4.69, 9.17) is 0 Å². The van der Waals surface area contributed by atoms with Crippen molar-refractivity contribution in [1.29, 1.82) is 0 Å². The standard InChI is InChI=1S/C4H6S4/c1-3(2)4-5-7-8-6-4/h1-2H3. The monoisotopic (exact) mass is 182 g/mol. The molecule has 1 fully saturated rings. The molecule has 0 aromatic rings. The van der Waals surface area contributed by atoms with Crippen LogP contribution in [0, 0.1) is 0 Å². The van der Waals surface area contributed by atoms with Crippen molar-refractivity contribution in [2.75, 3.05) is 0 Å². The van der Waals surface area contributed by atoms with Crippen LogP contribution >= 0.6 is 41.2 Å². The van der Waals surface area contributed by atoms with Gasteiger partial charge >= 0.3 is 0 Å². The van der Waals surface area contributed by atoms with Crippen LogP contribution in [0.25, 0.3) is 0 Å². The maximum absolute atomic E-state index is 2.15. The van der Waals surface area contributed by atoms with Crippen molar-refractivity contribution in [3.05, 3.63) is 9.81 Å². The van der Waals surface area contributed by atoms with Gasteiger partial charge in [0.2, 0.25) is 0 Å². The maximum atomic E-state index is 2.15. The Hall–Kier alpha value is 1.14. The lowest BCUT2D eigenvalue weighted by Crippen LogP contribution is -1.63. The fourth-order valence-electron chi connectivity index (χ4n) is 0.270. The molecule has 8 heavy (non-hydrogen) atoms. The van der Waals surface area contributed by atoms with Gasteiger partial charge in [-0.3, -0.25) is 0 Å². The average Bonchev–Trinajstić information content (AvgIpc) is 2.12. The molecule has 0 aromatic carbocycles. The van der Waals surface area contributed by atoms with E-state index in [0.29, 0.717) is 0 Å². The second-order valence-electron chi connectivity index (χ2n) is 1.59. The second-order valence-corrected chi connectivity index (χ2v) is 7.54. The van der Waals surface area contributed by atoms with Crippen LogP contribution in [0.3, 0.4) is 0 Å². The molecular formula is C4H6S4. The van der Waals surface area contributed by atoms with Gasteiger partial charge in [-0.05, 0) is 55.1 Å². The van der Waals surface area contributed by atoms with Gasteiger partial charge in [-0.1, -0.05) is 5.57 Å². The number of hydrogen-bond donors (Lipinski definition) is 0. The van der Waals surface area contributed by atoms with Gasteiger partial charge in [0.15, 0.2) is 0 Å². The largest absolute Gasteiger partial charge is 0.0623 e. The Morgan fingerprint density at radius 3 is 1.88 bits per heavy atom. The van der Waals surface area contributed by atoms with E-state index in [1.807, 2.05) is 41.2 Å². The van der Waals surface area contributed by atoms with E-state index in [-0.39, 0.29) is 0 Å². The smallest absolute Gasteiger partial charge is 0.0546 e. The molecule has 1 aliphatic rings. The zero-order valence-electron chi connectivity index (χ0n) is 4.63. The molecule has 0 aliphatic carbocycles. The van der Waals surface area contributed by atoms with Crippen molar-refractivity contribution in [2.24, 2.45) is 0 Å². The Balaban J connectivity index is 2.58. The third kappa shape index (κ3) is 1.83. The fraction of sp³-hybridized carbons (Fsp3) is 0.500. The van der Waals surface area contributed by atoms with E-state index < -0.39 is 0 Å². The van der Waals surface area contributed by atoms with Crippen molar-refractivity contribution in [3.63, 3.8) is 0 Å². The van der Waals surface area contributed by atoms with Gasteiger partial charge in [0.1, 0.15) is 0 Å². The van der Waals surface area contributed by atoms with Gasteiger partial charge in [-0.15, -0.1) is 0 Å². The Kier molecular flexibility index (Phi) is 3.03. The lowest BCUT2D eigenvalue weighted by molar-refractivity contribution is 1.41. The van der Waals surface area contributed by atoms with E-state index in [0.717, 1.165) is 0 Å². The summed E-state index contributed by atoms with van der Waals surface area (Å²) in [5, 5.41) is 0. The first-order chi connectivity index (χ1) is 3.80. The summed E-state index contributed by atoms with van der Waals surface area (Å²) >= 11 is 0. The summed E-state index contributed by atoms with van der Waals surface area (Å²) in [6.45, 7) is 4.31. The third-order valence-corrected chi connectivity index (χ3v) is 7.90. The second kappa shape index (κ2) is 3.34. The van der Waals surface area contributed by atoms with Crippen LogP contribution < -0.4 is 0 Å². The minimum Gasteiger partial charge on any atom is -0.0546 e. The van der Waals surface area contributed by atoms with E-state index in [1.54, 1.807) is 0 Å². The molecule has 0 aromatic heterocycles. The molecule has 0 radical (unpaired) electrons. The van der Waals surface area contributed by atoms with Gasteiger partial charge in [-0.25, -0.2) is 0 Å². The third-order valence-electron chi connectivity index (χ3n) is 0.655. The lowest BCUT2D eigenvalue weighted by atomic mass is 10.4. The molecular weight excluding hydrogens is 176 g/mol. The maximum Gasteiger partial charge on any atom is 0.0623 e. The minimum absolute atomic E-state index is 1.44. The highest BCUT2D eigenvalue weighted by Gasteiger charge is 2.10. The number of allylic oxidation sites excluding steroid dienone is 1. The molecule has 0 nitrogen and oxygen atoms in total. The Morgan fingerprint density at radius 1 is 1.12 bits per heavy atom. The Labute approximate surface area is 64.8 Å². The summed E-state index contributed by atoms with van der Waals surface area (Å²) in [5.74, 6) is 0. The number of rotatable bonds is 0. The molecule has 0 unspecified atom stereocenters. The first kappa shape index (κ1) is 7.25. The SMILES string of the molecule is CC(C)=C1SSSS1. The van der Waals surface area contributed by atoms with E-state index in [9.17, 15) is 0 Å². The van der Waals surface area contributed by atoms with Crippen LogP contribution in [0.1, 0.15) is 13.8 Å². The van der Waals surface area contributed by atoms with Crippen LogP contribution in [0.4, 0.5) is 0 Å². The van der Waals surface area contributed by atoms with E-state index in [1.165, 1.54) is 9.81 Å². The van der Waals surface area contributed by atoms with Gasteiger partial charge < -0.3 is 0 Å². The normalized spacial score (nSPS) is 19.5. The van der Waals surface area contributed by atoms with Gasteiger partial charge in [0.25, 0.3) is 0 Å². The zero-order valence-corrected chi connectivity index (χ0v) is 7.90. The Morgan fingerprint density at radius 2 is 1.62 bits per heavy atom. The average molecular weight is 182 g/mol. The van der Waals surface area contributed by atoms with Crippen LogP contribution in [-0.2, 0) is 0 Å². The zero-order chi connectivity index (χ0) is 5.98.